The summed E-state index contributed by atoms with van der Waals surface area (Å²) in [7, 11) is 0. The molecule has 3 heteroatoms. The van der Waals surface area contributed by atoms with Crippen LogP contribution in [0.15, 0.2) is 22.7 Å². The van der Waals surface area contributed by atoms with Gasteiger partial charge in [0.05, 0.1) is 4.47 Å². The normalized spacial score (nSPS) is 27.0. The first kappa shape index (κ1) is 16.0. The zero-order chi connectivity index (χ0) is 14.8. The first-order valence-electron chi connectivity index (χ1n) is 7.60. The van der Waals surface area contributed by atoms with Gasteiger partial charge in [-0.3, -0.25) is 0 Å². The van der Waals surface area contributed by atoms with Gasteiger partial charge >= 0.3 is 0 Å². The molecule has 0 bridgehead atoms. The SMILES string of the molecule is CC(C)C1CCC(CN)(Cc2cccc(F)c2Br)CC1. The molecule has 0 aliphatic heterocycles. The minimum Gasteiger partial charge on any atom is -0.330 e. The van der Waals surface area contributed by atoms with E-state index in [1.54, 1.807) is 6.07 Å². The average Bonchev–Trinajstić information content (AvgIpc) is 2.44. The van der Waals surface area contributed by atoms with Crippen LogP contribution in [0.4, 0.5) is 4.39 Å². The number of rotatable bonds is 4. The summed E-state index contributed by atoms with van der Waals surface area (Å²) in [5, 5.41) is 0. The van der Waals surface area contributed by atoms with Crippen molar-refractivity contribution in [1.29, 1.82) is 0 Å². The van der Waals surface area contributed by atoms with Crippen LogP contribution in [0.1, 0.15) is 45.1 Å². The van der Waals surface area contributed by atoms with Gasteiger partial charge in [-0.2, -0.15) is 0 Å². The third-order valence-corrected chi connectivity index (χ3v) is 5.95. The second-order valence-corrected chi connectivity index (χ2v) is 7.47. The largest absolute Gasteiger partial charge is 0.330 e. The Morgan fingerprint density at radius 1 is 1.35 bits per heavy atom. The van der Waals surface area contributed by atoms with E-state index in [-0.39, 0.29) is 11.2 Å². The summed E-state index contributed by atoms with van der Waals surface area (Å²) in [4.78, 5) is 0. The Balaban J connectivity index is 2.11. The molecule has 20 heavy (non-hydrogen) atoms. The van der Waals surface area contributed by atoms with E-state index in [2.05, 4.69) is 29.8 Å². The van der Waals surface area contributed by atoms with Crippen LogP contribution in [-0.4, -0.2) is 6.54 Å². The standard InChI is InChI=1S/C17H25BrFN/c1-12(2)13-6-8-17(11-20,9-7-13)10-14-4-3-5-15(19)16(14)18/h3-5,12-13H,6-11,20H2,1-2H3. The van der Waals surface area contributed by atoms with Crippen LogP contribution < -0.4 is 5.73 Å². The predicted molar refractivity (Wildman–Crippen MR) is 86.1 cm³/mol. The van der Waals surface area contributed by atoms with E-state index in [0.29, 0.717) is 11.0 Å². The van der Waals surface area contributed by atoms with Crippen molar-refractivity contribution in [1.82, 2.24) is 0 Å². The Bertz CT molecular complexity index is 450. The van der Waals surface area contributed by atoms with Gasteiger partial charge in [-0.1, -0.05) is 26.0 Å². The van der Waals surface area contributed by atoms with E-state index in [0.717, 1.165) is 36.7 Å². The van der Waals surface area contributed by atoms with Crippen LogP contribution in [0.2, 0.25) is 0 Å². The molecule has 1 aliphatic carbocycles. The van der Waals surface area contributed by atoms with E-state index in [4.69, 9.17) is 5.73 Å². The molecule has 0 spiro atoms. The molecule has 2 N–H and O–H groups in total. The van der Waals surface area contributed by atoms with Crippen LogP contribution >= 0.6 is 15.9 Å². The molecule has 0 unspecified atom stereocenters. The molecular weight excluding hydrogens is 317 g/mol. The van der Waals surface area contributed by atoms with Gasteiger partial charge in [-0.05, 0) is 83.5 Å². The van der Waals surface area contributed by atoms with E-state index in [1.165, 1.54) is 18.9 Å². The fraction of sp³-hybridized carbons (Fsp3) is 0.647. The lowest BCUT2D eigenvalue weighted by Crippen LogP contribution is -2.37. The summed E-state index contributed by atoms with van der Waals surface area (Å²) in [6.45, 7) is 5.31. The first-order valence-corrected chi connectivity index (χ1v) is 8.40. The van der Waals surface area contributed by atoms with E-state index >= 15 is 0 Å². The minimum absolute atomic E-state index is 0.154. The van der Waals surface area contributed by atoms with Gasteiger partial charge < -0.3 is 5.73 Å². The smallest absolute Gasteiger partial charge is 0.137 e. The number of hydrogen-bond acceptors (Lipinski definition) is 1. The number of nitrogens with two attached hydrogens (primary N) is 1. The van der Waals surface area contributed by atoms with Crippen LogP contribution in [0.5, 0.6) is 0 Å². The molecule has 2 rings (SSSR count). The number of halogens is 2. The minimum atomic E-state index is -0.175. The highest BCUT2D eigenvalue weighted by atomic mass is 79.9. The molecule has 0 heterocycles. The van der Waals surface area contributed by atoms with E-state index in [9.17, 15) is 4.39 Å². The van der Waals surface area contributed by atoms with Crippen molar-refractivity contribution >= 4 is 15.9 Å². The third kappa shape index (κ3) is 3.43. The number of hydrogen-bond donors (Lipinski definition) is 1. The molecule has 1 aromatic rings. The monoisotopic (exact) mass is 341 g/mol. The van der Waals surface area contributed by atoms with E-state index < -0.39 is 0 Å². The van der Waals surface area contributed by atoms with Gasteiger partial charge in [0.1, 0.15) is 5.82 Å². The quantitative estimate of drug-likeness (QED) is 0.826. The Labute approximate surface area is 130 Å². The van der Waals surface area contributed by atoms with Crippen molar-refractivity contribution in [2.45, 2.75) is 46.0 Å². The lowest BCUT2D eigenvalue weighted by Gasteiger charge is -2.41. The fourth-order valence-electron chi connectivity index (χ4n) is 3.46. The first-order chi connectivity index (χ1) is 9.47. The Morgan fingerprint density at radius 2 is 2.00 bits per heavy atom. The predicted octanol–water partition coefficient (Wildman–Crippen LogP) is 4.92. The molecule has 0 amide bonds. The third-order valence-electron chi connectivity index (χ3n) is 5.06. The lowest BCUT2D eigenvalue weighted by molar-refractivity contribution is 0.132. The Kier molecular flexibility index (Phi) is 5.25. The Hall–Kier alpha value is -0.410. The molecule has 0 atom stereocenters. The van der Waals surface area contributed by atoms with Crippen LogP contribution in [0, 0.1) is 23.1 Å². The number of benzene rings is 1. The van der Waals surface area contributed by atoms with Crippen molar-refractivity contribution in [3.63, 3.8) is 0 Å². The molecule has 0 radical (unpaired) electrons. The van der Waals surface area contributed by atoms with Gasteiger partial charge in [-0.25, -0.2) is 4.39 Å². The van der Waals surface area contributed by atoms with Gasteiger partial charge in [0.25, 0.3) is 0 Å². The summed E-state index contributed by atoms with van der Waals surface area (Å²) in [5.74, 6) is 1.41. The summed E-state index contributed by atoms with van der Waals surface area (Å²) in [5.41, 5.74) is 7.30. The molecule has 1 fully saturated rings. The summed E-state index contributed by atoms with van der Waals surface area (Å²) in [6, 6.07) is 5.30. The maximum atomic E-state index is 13.7. The van der Waals surface area contributed by atoms with Gasteiger partial charge in [0.15, 0.2) is 0 Å². The van der Waals surface area contributed by atoms with Crippen molar-refractivity contribution in [2.75, 3.05) is 6.54 Å². The molecule has 112 valence electrons. The second kappa shape index (κ2) is 6.57. The molecule has 0 saturated heterocycles. The zero-order valence-corrected chi connectivity index (χ0v) is 14.0. The highest BCUT2D eigenvalue weighted by molar-refractivity contribution is 9.10. The van der Waals surface area contributed by atoms with Crippen LogP contribution in [-0.2, 0) is 6.42 Å². The summed E-state index contributed by atoms with van der Waals surface area (Å²) >= 11 is 3.38. The van der Waals surface area contributed by atoms with Crippen LogP contribution in [0.3, 0.4) is 0 Å². The van der Waals surface area contributed by atoms with Gasteiger partial charge in [0, 0.05) is 0 Å². The van der Waals surface area contributed by atoms with E-state index in [1.807, 2.05) is 6.07 Å². The maximum Gasteiger partial charge on any atom is 0.137 e. The second-order valence-electron chi connectivity index (χ2n) is 6.68. The maximum absolute atomic E-state index is 13.7. The summed E-state index contributed by atoms with van der Waals surface area (Å²) in [6.07, 6.45) is 5.71. The van der Waals surface area contributed by atoms with Crippen molar-refractivity contribution < 1.29 is 4.39 Å². The molecule has 1 aromatic carbocycles. The zero-order valence-electron chi connectivity index (χ0n) is 12.5. The lowest BCUT2D eigenvalue weighted by atomic mass is 9.65. The van der Waals surface area contributed by atoms with Gasteiger partial charge in [0.2, 0.25) is 0 Å². The Morgan fingerprint density at radius 3 is 2.55 bits per heavy atom. The van der Waals surface area contributed by atoms with Crippen molar-refractivity contribution in [2.24, 2.45) is 23.0 Å². The topological polar surface area (TPSA) is 26.0 Å². The van der Waals surface area contributed by atoms with Crippen molar-refractivity contribution in [3.05, 3.63) is 34.1 Å². The molecule has 1 saturated carbocycles. The van der Waals surface area contributed by atoms with Crippen molar-refractivity contribution in [3.8, 4) is 0 Å². The molecular formula is C17H25BrFN. The van der Waals surface area contributed by atoms with Crippen LogP contribution in [0.25, 0.3) is 0 Å². The highest BCUT2D eigenvalue weighted by Gasteiger charge is 2.35. The molecule has 0 aromatic heterocycles. The summed E-state index contributed by atoms with van der Waals surface area (Å²) < 4.78 is 14.3. The molecule has 1 nitrogen and oxygen atoms in total. The molecule has 1 aliphatic rings. The average molecular weight is 342 g/mol. The van der Waals surface area contributed by atoms with Gasteiger partial charge in [-0.15, -0.1) is 0 Å². The highest BCUT2D eigenvalue weighted by Crippen LogP contribution is 2.43. The fourth-order valence-corrected chi connectivity index (χ4v) is 3.87.